The van der Waals surface area contributed by atoms with E-state index >= 15 is 0 Å². The molecule has 118 valence electrons. The molecule has 1 unspecified atom stereocenters. The van der Waals surface area contributed by atoms with Gasteiger partial charge in [0.2, 0.25) is 0 Å². The second-order valence-electron chi connectivity index (χ2n) is 5.34. The summed E-state index contributed by atoms with van der Waals surface area (Å²) >= 11 is 0. The van der Waals surface area contributed by atoms with E-state index in [1.54, 1.807) is 18.5 Å². The molecule has 0 spiro atoms. The van der Waals surface area contributed by atoms with E-state index in [0.717, 1.165) is 17.7 Å². The van der Waals surface area contributed by atoms with Gasteiger partial charge in [-0.15, -0.1) is 0 Å². The Morgan fingerprint density at radius 1 is 1.27 bits per heavy atom. The second kappa shape index (κ2) is 7.72. The molecule has 1 atom stereocenters. The van der Waals surface area contributed by atoms with E-state index in [0.29, 0.717) is 25.9 Å². The monoisotopic (exact) mass is 302 g/mol. The van der Waals surface area contributed by atoms with Crippen molar-refractivity contribution in [3.63, 3.8) is 0 Å². The van der Waals surface area contributed by atoms with Gasteiger partial charge in [-0.1, -0.05) is 12.1 Å². The number of nitrogens with zero attached hydrogens (tertiary/aromatic N) is 2. The maximum absolute atomic E-state index is 12.1. The van der Waals surface area contributed by atoms with Gasteiger partial charge >= 0.3 is 0 Å². The maximum atomic E-state index is 12.1. The molecule has 0 saturated heterocycles. The van der Waals surface area contributed by atoms with Crippen molar-refractivity contribution in [1.29, 1.82) is 0 Å². The molecule has 1 heterocycles. The molecule has 0 aliphatic carbocycles. The lowest BCUT2D eigenvalue weighted by molar-refractivity contribution is -0.120. The van der Waals surface area contributed by atoms with Crippen LogP contribution in [0.25, 0.3) is 0 Å². The predicted molar refractivity (Wildman–Crippen MR) is 84.4 cm³/mol. The molecule has 1 aromatic heterocycles. The normalized spacial score (nSPS) is 12.3. The van der Waals surface area contributed by atoms with Crippen LogP contribution in [0.3, 0.4) is 0 Å². The minimum absolute atomic E-state index is 0.0159. The van der Waals surface area contributed by atoms with Crippen LogP contribution < -0.4 is 11.5 Å². The lowest BCUT2D eigenvalue weighted by Gasteiger charge is -2.11. The fraction of sp³-hybridized carbons (Fsp3) is 0.375. The van der Waals surface area contributed by atoms with Gasteiger partial charge in [0.1, 0.15) is 5.75 Å². The van der Waals surface area contributed by atoms with E-state index in [4.69, 9.17) is 11.5 Å². The zero-order valence-corrected chi connectivity index (χ0v) is 12.5. The van der Waals surface area contributed by atoms with Gasteiger partial charge in [-0.3, -0.25) is 4.79 Å². The summed E-state index contributed by atoms with van der Waals surface area (Å²) in [6.07, 6.45) is 5.28. The Morgan fingerprint density at radius 2 is 2.00 bits per heavy atom. The number of phenolic OH excluding ortho intramolecular Hbond substituents is 1. The Bertz CT molecular complexity index is 607. The fourth-order valence-corrected chi connectivity index (χ4v) is 2.23. The third-order valence-electron chi connectivity index (χ3n) is 3.50. The summed E-state index contributed by atoms with van der Waals surface area (Å²) in [5.41, 5.74) is 13.4. The van der Waals surface area contributed by atoms with Crippen LogP contribution in [0.2, 0.25) is 0 Å². The molecule has 0 amide bonds. The number of nitrogens with two attached hydrogens (primary N) is 2. The van der Waals surface area contributed by atoms with Crippen molar-refractivity contribution in [2.24, 2.45) is 11.5 Å². The van der Waals surface area contributed by atoms with Crippen LogP contribution in [0.5, 0.6) is 5.75 Å². The SMILES string of the molecule is NCCc1cn(CC(N)C(=O)CCc2ccc(O)cc2)cn1. The average molecular weight is 302 g/mol. The fourth-order valence-electron chi connectivity index (χ4n) is 2.23. The summed E-state index contributed by atoms with van der Waals surface area (Å²) in [6.45, 7) is 0.973. The molecule has 22 heavy (non-hydrogen) atoms. The van der Waals surface area contributed by atoms with Gasteiger partial charge < -0.3 is 21.1 Å². The molecule has 2 rings (SSSR count). The summed E-state index contributed by atoms with van der Waals surface area (Å²) in [4.78, 5) is 16.3. The molecular formula is C16H22N4O2. The first kappa shape index (κ1) is 16.2. The number of hydrogen-bond donors (Lipinski definition) is 3. The number of aromatic hydroxyl groups is 1. The van der Waals surface area contributed by atoms with Crippen molar-refractivity contribution in [3.05, 3.63) is 48.0 Å². The Balaban J connectivity index is 1.82. The molecule has 6 heteroatoms. The van der Waals surface area contributed by atoms with Crippen molar-refractivity contribution in [3.8, 4) is 5.75 Å². The van der Waals surface area contributed by atoms with Gasteiger partial charge in [0.05, 0.1) is 18.1 Å². The van der Waals surface area contributed by atoms with Gasteiger partial charge in [-0.2, -0.15) is 0 Å². The molecule has 0 fully saturated rings. The minimum atomic E-state index is -0.544. The largest absolute Gasteiger partial charge is 0.508 e. The van der Waals surface area contributed by atoms with Crippen LogP contribution in [-0.2, 0) is 24.2 Å². The lowest BCUT2D eigenvalue weighted by Crippen LogP contribution is -2.34. The summed E-state index contributed by atoms with van der Waals surface area (Å²) in [5.74, 6) is 0.238. The second-order valence-corrected chi connectivity index (χ2v) is 5.34. The van der Waals surface area contributed by atoms with Crippen LogP contribution in [0.4, 0.5) is 0 Å². The molecule has 1 aromatic carbocycles. The Kier molecular flexibility index (Phi) is 5.68. The highest BCUT2D eigenvalue weighted by molar-refractivity contribution is 5.83. The number of phenols is 1. The number of ketones is 1. The van der Waals surface area contributed by atoms with Gasteiger partial charge in [-0.05, 0) is 30.7 Å². The Hall–Kier alpha value is -2.18. The summed E-state index contributed by atoms with van der Waals surface area (Å²) in [6, 6.07) is 6.30. The van der Waals surface area contributed by atoms with Gasteiger partial charge in [0.15, 0.2) is 5.78 Å². The van der Waals surface area contributed by atoms with Crippen molar-refractivity contribution in [1.82, 2.24) is 9.55 Å². The standard InChI is InChI=1S/C16H22N4O2/c17-8-7-13-9-20(11-19-13)10-15(18)16(22)6-3-12-1-4-14(21)5-2-12/h1-2,4-5,9,11,15,21H,3,6-8,10,17-18H2. The summed E-state index contributed by atoms with van der Waals surface area (Å²) < 4.78 is 1.83. The zero-order valence-electron chi connectivity index (χ0n) is 12.5. The molecule has 0 bridgehead atoms. The first-order valence-corrected chi connectivity index (χ1v) is 7.35. The first-order valence-electron chi connectivity index (χ1n) is 7.35. The van der Waals surface area contributed by atoms with Crippen LogP contribution in [0.15, 0.2) is 36.8 Å². The lowest BCUT2D eigenvalue weighted by atomic mass is 10.0. The first-order chi connectivity index (χ1) is 10.6. The number of Topliss-reactive ketones (excluding diaryl/α,β-unsaturated/α-hetero) is 1. The smallest absolute Gasteiger partial charge is 0.151 e. The number of rotatable bonds is 8. The highest BCUT2D eigenvalue weighted by Gasteiger charge is 2.14. The quantitative estimate of drug-likeness (QED) is 0.662. The summed E-state index contributed by atoms with van der Waals surface area (Å²) in [7, 11) is 0. The van der Waals surface area contributed by atoms with E-state index < -0.39 is 6.04 Å². The minimum Gasteiger partial charge on any atom is -0.508 e. The van der Waals surface area contributed by atoms with Gasteiger partial charge in [-0.25, -0.2) is 4.98 Å². The van der Waals surface area contributed by atoms with E-state index in [1.165, 1.54) is 0 Å². The third kappa shape index (κ3) is 4.68. The van der Waals surface area contributed by atoms with E-state index in [-0.39, 0.29) is 11.5 Å². The molecule has 0 saturated carbocycles. The number of aromatic nitrogens is 2. The molecule has 0 aliphatic rings. The van der Waals surface area contributed by atoms with Gasteiger partial charge in [0.25, 0.3) is 0 Å². The predicted octanol–water partition coefficient (Wildman–Crippen LogP) is 0.619. The van der Waals surface area contributed by atoms with Crippen LogP contribution >= 0.6 is 0 Å². The number of imidazole rings is 1. The molecule has 5 N–H and O–H groups in total. The van der Waals surface area contributed by atoms with Crippen LogP contribution in [0.1, 0.15) is 17.7 Å². The molecule has 2 aromatic rings. The number of carbonyl (C=O) groups is 1. The number of benzene rings is 1. The molecular weight excluding hydrogens is 280 g/mol. The highest BCUT2D eigenvalue weighted by Crippen LogP contribution is 2.11. The number of hydrogen-bond acceptors (Lipinski definition) is 5. The topological polar surface area (TPSA) is 107 Å². The van der Waals surface area contributed by atoms with E-state index in [9.17, 15) is 9.90 Å². The van der Waals surface area contributed by atoms with Gasteiger partial charge in [0, 0.05) is 25.6 Å². The zero-order chi connectivity index (χ0) is 15.9. The van der Waals surface area contributed by atoms with E-state index in [1.807, 2.05) is 22.9 Å². The van der Waals surface area contributed by atoms with Crippen molar-refractivity contribution >= 4 is 5.78 Å². The maximum Gasteiger partial charge on any atom is 0.151 e. The van der Waals surface area contributed by atoms with E-state index in [2.05, 4.69) is 4.98 Å². The van der Waals surface area contributed by atoms with Crippen LogP contribution in [-0.4, -0.2) is 33.0 Å². The molecule has 0 aliphatic heterocycles. The van der Waals surface area contributed by atoms with Crippen molar-refractivity contribution < 1.29 is 9.90 Å². The average Bonchev–Trinajstić information content (AvgIpc) is 2.94. The van der Waals surface area contributed by atoms with Crippen LogP contribution in [0, 0.1) is 0 Å². The highest BCUT2D eigenvalue weighted by atomic mass is 16.3. The molecule has 6 nitrogen and oxygen atoms in total. The number of carbonyl (C=O) groups excluding carboxylic acids is 1. The number of aryl methyl sites for hydroxylation is 1. The van der Waals surface area contributed by atoms with Crippen molar-refractivity contribution in [2.45, 2.75) is 31.8 Å². The Morgan fingerprint density at radius 3 is 2.68 bits per heavy atom. The summed E-state index contributed by atoms with van der Waals surface area (Å²) in [5, 5.41) is 9.22. The Labute approximate surface area is 129 Å². The third-order valence-corrected chi connectivity index (χ3v) is 3.50. The van der Waals surface area contributed by atoms with Crippen molar-refractivity contribution in [2.75, 3.05) is 6.54 Å². The molecule has 0 radical (unpaired) electrons.